The average Bonchev–Trinajstić information content (AvgIpc) is 3.39. The first-order valence-electron chi connectivity index (χ1n) is 18.4. The molecule has 0 saturated carbocycles. The van der Waals surface area contributed by atoms with Gasteiger partial charge < -0.3 is 9.64 Å². The van der Waals surface area contributed by atoms with E-state index in [4.69, 9.17) is 4.74 Å². The predicted molar refractivity (Wildman–Crippen MR) is 226 cm³/mol. The molecule has 2 heteroatoms. The maximum absolute atomic E-state index is 7.33. The highest BCUT2D eigenvalue weighted by molar-refractivity contribution is 6.02. The van der Waals surface area contributed by atoms with E-state index in [0.717, 1.165) is 56.4 Å². The fraction of sp³-hybridized carbons (Fsp3) is 0. The van der Waals surface area contributed by atoms with Gasteiger partial charge in [0.05, 0.1) is 5.69 Å². The van der Waals surface area contributed by atoms with Crippen LogP contribution in [0.5, 0.6) is 11.5 Å². The third-order valence-corrected chi connectivity index (χ3v) is 10.5. The predicted octanol–water partition coefficient (Wildman–Crippen LogP) is 14.8. The third-order valence-electron chi connectivity index (χ3n) is 10.5. The van der Waals surface area contributed by atoms with Crippen LogP contribution in [0, 0.1) is 0 Å². The molecule has 0 saturated heterocycles. The second kappa shape index (κ2) is 13.4. The SMILES string of the molecule is c1ccc(-c2ccc(N(c3ccc4ccccc4c3)c3cccc4c3Oc3cc(-c5ccccc5)ccc3-c3c(-c5ccccc5)cccc3-4)cc2)cc1. The van der Waals surface area contributed by atoms with Gasteiger partial charge in [-0.05, 0) is 92.2 Å². The van der Waals surface area contributed by atoms with Gasteiger partial charge >= 0.3 is 0 Å². The van der Waals surface area contributed by atoms with Crippen molar-refractivity contribution in [3.8, 4) is 67.1 Å². The highest BCUT2D eigenvalue weighted by atomic mass is 16.5. The summed E-state index contributed by atoms with van der Waals surface area (Å²) in [6, 6.07) is 75.7. The third kappa shape index (κ3) is 5.62. The minimum Gasteiger partial charge on any atom is -0.454 e. The second-order valence-corrected chi connectivity index (χ2v) is 13.7. The summed E-state index contributed by atoms with van der Waals surface area (Å²) < 4.78 is 7.33. The molecule has 0 spiro atoms. The Balaban J connectivity index is 1.22. The number of hydrogen-bond acceptors (Lipinski definition) is 2. The van der Waals surface area contributed by atoms with E-state index in [1.165, 1.54) is 38.6 Å². The second-order valence-electron chi connectivity index (χ2n) is 13.7. The monoisotopic (exact) mass is 689 g/mol. The van der Waals surface area contributed by atoms with Gasteiger partial charge in [0, 0.05) is 28.1 Å². The summed E-state index contributed by atoms with van der Waals surface area (Å²) in [5.41, 5.74) is 14.4. The number of para-hydroxylation sites is 1. The average molecular weight is 690 g/mol. The Labute approximate surface area is 315 Å². The lowest BCUT2D eigenvalue weighted by Gasteiger charge is -2.28. The molecule has 0 aromatic heterocycles. The largest absolute Gasteiger partial charge is 0.454 e. The van der Waals surface area contributed by atoms with Crippen LogP contribution < -0.4 is 9.64 Å². The van der Waals surface area contributed by atoms with Gasteiger partial charge in [-0.1, -0.05) is 170 Å². The minimum atomic E-state index is 0.813. The molecule has 0 bridgehead atoms. The first-order chi connectivity index (χ1) is 26.8. The van der Waals surface area contributed by atoms with Gasteiger partial charge in [-0.2, -0.15) is 0 Å². The van der Waals surface area contributed by atoms with Gasteiger partial charge in [0.2, 0.25) is 0 Å². The van der Waals surface area contributed by atoms with Crippen LogP contribution in [0.2, 0.25) is 0 Å². The van der Waals surface area contributed by atoms with Crippen molar-refractivity contribution in [1.29, 1.82) is 0 Å². The van der Waals surface area contributed by atoms with Crippen LogP contribution in [0.3, 0.4) is 0 Å². The van der Waals surface area contributed by atoms with Gasteiger partial charge in [-0.25, -0.2) is 0 Å². The summed E-state index contributed by atoms with van der Waals surface area (Å²) in [6.45, 7) is 0. The molecule has 0 radical (unpaired) electrons. The standard InChI is InChI=1S/C52H35NO/c1-4-14-36(15-5-1)39-26-30-43(31-27-39)53(44-32-28-38-18-10-11-21-41(38)34-44)49-25-13-24-47-46-23-12-22-45(40-19-8-3-9-20-40)51(46)48-33-29-42(35-50(48)54-52(47)49)37-16-6-2-7-17-37/h1-35H. The van der Waals surface area contributed by atoms with E-state index in [1.54, 1.807) is 0 Å². The summed E-state index contributed by atoms with van der Waals surface area (Å²) in [5, 5.41) is 2.38. The van der Waals surface area contributed by atoms with Crippen molar-refractivity contribution in [1.82, 2.24) is 0 Å². The molecule has 0 unspecified atom stereocenters. The minimum absolute atomic E-state index is 0.813. The molecule has 0 aliphatic carbocycles. The van der Waals surface area contributed by atoms with Gasteiger partial charge in [-0.15, -0.1) is 0 Å². The summed E-state index contributed by atoms with van der Waals surface area (Å²) in [5.74, 6) is 1.64. The molecule has 0 amide bonds. The summed E-state index contributed by atoms with van der Waals surface area (Å²) in [7, 11) is 0. The first-order valence-corrected chi connectivity index (χ1v) is 18.4. The maximum Gasteiger partial charge on any atom is 0.159 e. The van der Waals surface area contributed by atoms with E-state index in [2.05, 4.69) is 217 Å². The fourth-order valence-corrected chi connectivity index (χ4v) is 7.86. The van der Waals surface area contributed by atoms with E-state index in [1.807, 2.05) is 0 Å². The molecule has 9 aromatic rings. The van der Waals surface area contributed by atoms with Crippen molar-refractivity contribution in [3.05, 3.63) is 212 Å². The smallest absolute Gasteiger partial charge is 0.159 e. The topological polar surface area (TPSA) is 12.5 Å². The quantitative estimate of drug-likeness (QED) is 0.172. The van der Waals surface area contributed by atoms with Crippen LogP contribution in [-0.4, -0.2) is 0 Å². The van der Waals surface area contributed by atoms with Crippen LogP contribution in [0.4, 0.5) is 17.1 Å². The lowest BCUT2D eigenvalue weighted by atomic mass is 9.87. The Bertz CT molecular complexity index is 2770. The lowest BCUT2D eigenvalue weighted by molar-refractivity contribution is 0.489. The van der Waals surface area contributed by atoms with Crippen molar-refractivity contribution < 1.29 is 4.74 Å². The molecular weight excluding hydrogens is 655 g/mol. The number of rotatable bonds is 6. The molecule has 9 aromatic carbocycles. The number of fused-ring (bicyclic) bond motifs is 6. The molecule has 1 heterocycles. The normalized spacial score (nSPS) is 11.5. The molecule has 10 rings (SSSR count). The number of hydrogen-bond donors (Lipinski definition) is 0. The lowest BCUT2D eigenvalue weighted by Crippen LogP contribution is -2.11. The Morgan fingerprint density at radius 1 is 0.315 bits per heavy atom. The van der Waals surface area contributed by atoms with E-state index in [9.17, 15) is 0 Å². The van der Waals surface area contributed by atoms with Crippen molar-refractivity contribution in [3.63, 3.8) is 0 Å². The zero-order valence-electron chi connectivity index (χ0n) is 29.6. The van der Waals surface area contributed by atoms with E-state index in [-0.39, 0.29) is 0 Å². The maximum atomic E-state index is 7.33. The molecule has 1 aliphatic rings. The van der Waals surface area contributed by atoms with Gasteiger partial charge in [0.15, 0.2) is 5.75 Å². The van der Waals surface area contributed by atoms with Crippen LogP contribution in [0.1, 0.15) is 0 Å². The number of nitrogens with zero attached hydrogens (tertiary/aromatic N) is 1. The molecular formula is C52H35NO. The highest BCUT2D eigenvalue weighted by Crippen LogP contribution is 2.55. The molecule has 254 valence electrons. The molecule has 0 fully saturated rings. The zero-order valence-corrected chi connectivity index (χ0v) is 29.6. The van der Waals surface area contributed by atoms with Gasteiger partial charge in [0.25, 0.3) is 0 Å². The van der Waals surface area contributed by atoms with Gasteiger partial charge in [-0.3, -0.25) is 0 Å². The summed E-state index contributed by atoms with van der Waals surface area (Å²) >= 11 is 0. The van der Waals surface area contributed by atoms with Crippen LogP contribution >= 0.6 is 0 Å². The Morgan fingerprint density at radius 3 is 1.61 bits per heavy atom. The number of benzene rings is 9. The first kappa shape index (κ1) is 31.6. The van der Waals surface area contributed by atoms with E-state index >= 15 is 0 Å². The molecule has 0 N–H and O–H groups in total. The van der Waals surface area contributed by atoms with Crippen LogP contribution in [0.25, 0.3) is 66.4 Å². The zero-order chi connectivity index (χ0) is 35.8. The van der Waals surface area contributed by atoms with Crippen LogP contribution in [0.15, 0.2) is 212 Å². The summed E-state index contributed by atoms with van der Waals surface area (Å²) in [4.78, 5) is 2.34. The van der Waals surface area contributed by atoms with E-state index in [0.29, 0.717) is 0 Å². The Hall–Kier alpha value is -7.16. The highest BCUT2D eigenvalue weighted by Gasteiger charge is 2.28. The molecule has 0 atom stereocenters. The van der Waals surface area contributed by atoms with Crippen molar-refractivity contribution >= 4 is 27.8 Å². The van der Waals surface area contributed by atoms with Crippen LogP contribution in [-0.2, 0) is 0 Å². The summed E-state index contributed by atoms with van der Waals surface area (Å²) in [6.07, 6.45) is 0. The number of ether oxygens (including phenoxy) is 1. The molecule has 2 nitrogen and oxygen atoms in total. The Morgan fingerprint density at radius 2 is 0.870 bits per heavy atom. The number of anilines is 3. The molecule has 54 heavy (non-hydrogen) atoms. The van der Waals surface area contributed by atoms with Crippen molar-refractivity contribution in [2.24, 2.45) is 0 Å². The Kier molecular flexibility index (Phi) is 7.85. The fourth-order valence-electron chi connectivity index (χ4n) is 7.86. The van der Waals surface area contributed by atoms with Gasteiger partial charge in [0.1, 0.15) is 5.75 Å². The van der Waals surface area contributed by atoms with Crippen molar-refractivity contribution in [2.75, 3.05) is 4.90 Å². The van der Waals surface area contributed by atoms with E-state index < -0.39 is 0 Å². The molecule has 1 aliphatic heterocycles. The van der Waals surface area contributed by atoms with Crippen molar-refractivity contribution in [2.45, 2.75) is 0 Å².